The van der Waals surface area contributed by atoms with Gasteiger partial charge in [0, 0.05) is 10.2 Å². The van der Waals surface area contributed by atoms with Crippen LogP contribution in [0.2, 0.25) is 0 Å². The molecule has 0 radical (unpaired) electrons. The van der Waals surface area contributed by atoms with E-state index in [9.17, 15) is 13.2 Å². The number of rotatable bonds is 1. The summed E-state index contributed by atoms with van der Waals surface area (Å²) >= 11 is 2.89. The largest absolute Gasteiger partial charge is 0.417 e. The van der Waals surface area contributed by atoms with Gasteiger partial charge in [-0.1, -0.05) is 15.9 Å². The molecule has 82 valence electrons. The highest BCUT2D eigenvalue weighted by Gasteiger charge is 2.35. The minimum Gasteiger partial charge on any atom is -0.398 e. The summed E-state index contributed by atoms with van der Waals surface area (Å²) < 4.78 is 37.7. The summed E-state index contributed by atoms with van der Waals surface area (Å²) in [6.45, 7) is 0. The first-order valence-corrected chi connectivity index (χ1v) is 5.35. The van der Waals surface area contributed by atoms with Gasteiger partial charge < -0.3 is 5.73 Å². The lowest BCUT2D eigenvalue weighted by Crippen LogP contribution is -2.08. The Morgan fingerprint density at radius 1 is 1.27 bits per heavy atom. The standard InChI is InChI=1S/C10H9BrF3N/c11-8-4-9(15)6(5-1-2-5)3-7(8)10(12,13)14/h3-5H,1-2,15H2. The Bertz CT molecular complexity index is 396. The molecule has 0 amide bonds. The summed E-state index contributed by atoms with van der Waals surface area (Å²) in [6.07, 6.45) is -2.46. The molecule has 0 bridgehead atoms. The van der Waals surface area contributed by atoms with E-state index in [1.807, 2.05) is 0 Å². The quantitative estimate of drug-likeness (QED) is 0.775. The molecule has 0 spiro atoms. The Hall–Kier alpha value is -0.710. The number of benzene rings is 1. The van der Waals surface area contributed by atoms with Gasteiger partial charge in [0.05, 0.1) is 5.56 Å². The molecular weight excluding hydrogens is 271 g/mol. The van der Waals surface area contributed by atoms with E-state index in [4.69, 9.17) is 5.73 Å². The smallest absolute Gasteiger partial charge is 0.398 e. The van der Waals surface area contributed by atoms with Crippen molar-refractivity contribution >= 4 is 21.6 Å². The number of hydrogen-bond donors (Lipinski definition) is 1. The molecule has 5 heteroatoms. The van der Waals surface area contributed by atoms with E-state index < -0.39 is 11.7 Å². The van der Waals surface area contributed by atoms with Crippen LogP contribution in [0, 0.1) is 0 Å². The first kappa shape index (κ1) is 10.8. The third-order valence-corrected chi connectivity index (χ3v) is 3.15. The van der Waals surface area contributed by atoms with Crippen LogP contribution in [0.3, 0.4) is 0 Å². The maximum absolute atomic E-state index is 12.6. The van der Waals surface area contributed by atoms with Gasteiger partial charge in [0.25, 0.3) is 0 Å². The lowest BCUT2D eigenvalue weighted by Gasteiger charge is -2.13. The van der Waals surface area contributed by atoms with Crippen LogP contribution in [0.25, 0.3) is 0 Å². The molecule has 0 unspecified atom stereocenters. The summed E-state index contributed by atoms with van der Waals surface area (Å²) in [4.78, 5) is 0. The van der Waals surface area contributed by atoms with Gasteiger partial charge in [0.1, 0.15) is 0 Å². The van der Waals surface area contributed by atoms with Crippen molar-refractivity contribution in [1.29, 1.82) is 0 Å². The number of alkyl halides is 3. The molecule has 2 rings (SSSR count). The highest BCUT2D eigenvalue weighted by Crippen LogP contribution is 2.46. The summed E-state index contributed by atoms with van der Waals surface area (Å²) in [5.41, 5.74) is 6.11. The van der Waals surface area contributed by atoms with Crippen molar-refractivity contribution in [3.05, 3.63) is 27.7 Å². The van der Waals surface area contributed by atoms with Crippen LogP contribution in [-0.4, -0.2) is 0 Å². The van der Waals surface area contributed by atoms with E-state index in [1.54, 1.807) is 0 Å². The monoisotopic (exact) mass is 279 g/mol. The lowest BCUT2D eigenvalue weighted by atomic mass is 10.0. The predicted molar refractivity (Wildman–Crippen MR) is 55.5 cm³/mol. The minimum absolute atomic E-state index is 0.0110. The fraction of sp³-hybridized carbons (Fsp3) is 0.400. The summed E-state index contributed by atoms with van der Waals surface area (Å²) in [6, 6.07) is 2.51. The Morgan fingerprint density at radius 2 is 1.87 bits per heavy atom. The molecule has 0 heterocycles. The zero-order valence-corrected chi connectivity index (χ0v) is 9.32. The molecule has 1 nitrogen and oxygen atoms in total. The van der Waals surface area contributed by atoms with E-state index in [-0.39, 0.29) is 10.4 Å². The Labute approximate surface area is 93.6 Å². The second-order valence-corrected chi connectivity index (χ2v) is 4.59. The maximum Gasteiger partial charge on any atom is 0.417 e. The van der Waals surface area contributed by atoms with E-state index in [2.05, 4.69) is 15.9 Å². The van der Waals surface area contributed by atoms with Gasteiger partial charge in [0.2, 0.25) is 0 Å². The SMILES string of the molecule is Nc1cc(Br)c(C(F)(F)F)cc1C1CC1. The third-order valence-electron chi connectivity index (χ3n) is 2.50. The molecule has 0 atom stereocenters. The van der Waals surface area contributed by atoms with Crippen molar-refractivity contribution in [2.45, 2.75) is 24.9 Å². The second kappa shape index (κ2) is 3.40. The van der Waals surface area contributed by atoms with Crippen LogP contribution >= 0.6 is 15.9 Å². The Balaban J connectivity index is 2.51. The highest BCUT2D eigenvalue weighted by molar-refractivity contribution is 9.10. The molecule has 1 saturated carbocycles. The number of halogens is 4. The molecule has 1 aliphatic rings. The summed E-state index contributed by atoms with van der Waals surface area (Å²) in [5.74, 6) is 0.221. The minimum atomic E-state index is -4.32. The zero-order chi connectivity index (χ0) is 11.2. The topological polar surface area (TPSA) is 26.0 Å². The fourth-order valence-corrected chi connectivity index (χ4v) is 2.16. The Morgan fingerprint density at radius 3 is 2.33 bits per heavy atom. The van der Waals surface area contributed by atoms with Gasteiger partial charge in [-0.15, -0.1) is 0 Å². The fourth-order valence-electron chi connectivity index (χ4n) is 1.57. The number of anilines is 1. The molecule has 1 aromatic rings. The van der Waals surface area contributed by atoms with Gasteiger partial charge in [-0.2, -0.15) is 13.2 Å². The van der Waals surface area contributed by atoms with Crippen molar-refractivity contribution in [3.8, 4) is 0 Å². The maximum atomic E-state index is 12.6. The lowest BCUT2D eigenvalue weighted by molar-refractivity contribution is -0.138. The van der Waals surface area contributed by atoms with Crippen LogP contribution in [-0.2, 0) is 6.18 Å². The first-order chi connectivity index (χ1) is 6.89. The zero-order valence-electron chi connectivity index (χ0n) is 7.74. The molecule has 1 aliphatic carbocycles. The van der Waals surface area contributed by atoms with Crippen LogP contribution in [0.4, 0.5) is 18.9 Å². The highest BCUT2D eigenvalue weighted by atomic mass is 79.9. The summed E-state index contributed by atoms with van der Waals surface area (Å²) in [5, 5.41) is 0. The molecule has 2 N–H and O–H groups in total. The molecule has 1 fully saturated rings. The van der Waals surface area contributed by atoms with Gasteiger partial charge >= 0.3 is 6.18 Å². The molecule has 1 aromatic carbocycles. The van der Waals surface area contributed by atoms with Crippen LogP contribution in [0.5, 0.6) is 0 Å². The van der Waals surface area contributed by atoms with Crippen molar-refractivity contribution < 1.29 is 13.2 Å². The van der Waals surface area contributed by atoms with Crippen LogP contribution < -0.4 is 5.73 Å². The van der Waals surface area contributed by atoms with Gasteiger partial charge in [-0.25, -0.2) is 0 Å². The van der Waals surface area contributed by atoms with E-state index >= 15 is 0 Å². The van der Waals surface area contributed by atoms with E-state index in [0.29, 0.717) is 11.3 Å². The summed E-state index contributed by atoms with van der Waals surface area (Å²) in [7, 11) is 0. The van der Waals surface area contributed by atoms with Crippen molar-refractivity contribution in [3.63, 3.8) is 0 Å². The number of nitrogens with two attached hydrogens (primary N) is 1. The molecule has 0 saturated heterocycles. The number of nitrogen functional groups attached to an aromatic ring is 1. The van der Waals surface area contributed by atoms with Crippen molar-refractivity contribution in [2.75, 3.05) is 5.73 Å². The first-order valence-electron chi connectivity index (χ1n) is 4.55. The van der Waals surface area contributed by atoms with Crippen molar-refractivity contribution in [1.82, 2.24) is 0 Å². The van der Waals surface area contributed by atoms with Crippen LogP contribution in [0.15, 0.2) is 16.6 Å². The van der Waals surface area contributed by atoms with Gasteiger partial charge in [-0.3, -0.25) is 0 Å². The molecule has 15 heavy (non-hydrogen) atoms. The normalized spacial score (nSPS) is 16.8. The molecule has 0 aliphatic heterocycles. The van der Waals surface area contributed by atoms with Gasteiger partial charge in [-0.05, 0) is 36.5 Å². The van der Waals surface area contributed by atoms with E-state index in [0.717, 1.165) is 18.9 Å². The Kier molecular flexibility index (Phi) is 2.45. The van der Waals surface area contributed by atoms with Crippen LogP contribution in [0.1, 0.15) is 29.9 Å². The molecule has 0 aromatic heterocycles. The van der Waals surface area contributed by atoms with E-state index in [1.165, 1.54) is 6.07 Å². The number of hydrogen-bond acceptors (Lipinski definition) is 1. The van der Waals surface area contributed by atoms with Crippen molar-refractivity contribution in [2.24, 2.45) is 0 Å². The van der Waals surface area contributed by atoms with Gasteiger partial charge in [0.15, 0.2) is 0 Å². The average Bonchev–Trinajstić information content (AvgIpc) is 2.84. The average molecular weight is 280 g/mol. The third kappa shape index (κ3) is 2.12. The molecular formula is C10H9BrF3N. The second-order valence-electron chi connectivity index (χ2n) is 3.73. The predicted octanol–water partition coefficient (Wildman–Crippen LogP) is 3.93.